The third kappa shape index (κ3) is 13.8. The molecule has 0 aromatic carbocycles. The number of hydrogen-bond donors (Lipinski definition) is 19. The first-order valence-corrected chi connectivity index (χ1v) is 36.1. The maximum absolute atomic E-state index is 15.9. The first kappa shape index (κ1) is 79.3. The van der Waals surface area contributed by atoms with Gasteiger partial charge in [-0.05, 0) is 123 Å². The van der Waals surface area contributed by atoms with Crippen molar-refractivity contribution in [3.8, 4) is 0 Å². The van der Waals surface area contributed by atoms with Gasteiger partial charge >= 0.3 is 11.9 Å². The minimum absolute atomic E-state index is 0.00889. The molecule has 0 aromatic rings. The van der Waals surface area contributed by atoms with Crippen molar-refractivity contribution in [2.24, 2.45) is 62.4 Å². The van der Waals surface area contributed by atoms with Crippen molar-refractivity contribution in [1.29, 1.82) is 0 Å². The zero-order chi connectivity index (χ0) is 74.6. The molecule has 12 aliphatic rings. The molecule has 12 rings (SSSR count). The summed E-state index contributed by atoms with van der Waals surface area (Å²) in [5.41, 5.74) is 2.65. The molecule has 0 bridgehead atoms. The number of aliphatic hydroxyl groups is 16. The molecule has 35 nitrogen and oxygen atoms in total. The highest BCUT2D eigenvalue weighted by molar-refractivity contribution is 5.80. The van der Waals surface area contributed by atoms with Crippen LogP contribution in [0, 0.1) is 56.7 Å². The number of aldehydes is 1. The summed E-state index contributed by atoms with van der Waals surface area (Å²) >= 11 is 0. The third-order valence-electron chi connectivity index (χ3n) is 25.8. The number of nitrogens with one attached hydrogen (secondary N) is 1. The summed E-state index contributed by atoms with van der Waals surface area (Å²) < 4.78 is 72.3. The maximum Gasteiger partial charge on any atom is 0.335 e. The van der Waals surface area contributed by atoms with Crippen LogP contribution in [0.3, 0.4) is 0 Å². The van der Waals surface area contributed by atoms with E-state index in [9.17, 15) is 101 Å². The summed E-state index contributed by atoms with van der Waals surface area (Å²) in [6, 6.07) is -1.43. The first-order valence-electron chi connectivity index (χ1n) is 36.1. The maximum atomic E-state index is 15.9. The lowest BCUT2D eigenvalue weighted by atomic mass is 9.43. The molecule has 19 unspecified atom stereocenters. The van der Waals surface area contributed by atoms with E-state index >= 15 is 4.79 Å². The Morgan fingerprint density at radius 2 is 1.21 bits per heavy atom. The zero-order valence-electron chi connectivity index (χ0n) is 58.1. The molecule has 1 spiro atoms. The fraction of sp³-hybridized carbons (Fsp3) is 0.912. The van der Waals surface area contributed by atoms with Crippen LogP contribution in [0.4, 0.5) is 0 Å². The second-order valence-corrected chi connectivity index (χ2v) is 32.1. The van der Waals surface area contributed by atoms with Crippen molar-refractivity contribution in [2.45, 2.75) is 296 Å². The SMILES string of the molecule is C[C@H]1O[C@@H](OC2C(O)C(NC(=O)CCCCCN)[C@H](CO)O[C@H]2OC(=O)C23CCC(C)(C)CC2C2=CCC45C(C[C@H]6[C@@H](C=O)[C@@H](OC7OC(C(=O)O)[C@@H](O)[C@H](OC8OC[C@@H](O)[C@H](O)[C@@H]8O)[C@@H]7OC7OC(CO)[C@H](O)[C@H](O)[C@@H]7O)CCC64C)[C@@H]5[C@]2(C)C[C@@H]3O)C(O)C(O)C1O[C@@H]1OCC(O)C(O)C1O. The number of hydrogen-bond acceptors (Lipinski definition) is 33. The molecule has 586 valence electrons. The summed E-state index contributed by atoms with van der Waals surface area (Å²) in [4.78, 5) is 56.2. The minimum atomic E-state index is -2.21. The second kappa shape index (κ2) is 30.5. The summed E-state index contributed by atoms with van der Waals surface area (Å²) in [6.07, 6.45) is -44.4. The number of carbonyl (C=O) groups is 4. The van der Waals surface area contributed by atoms with E-state index in [1.165, 1.54) is 6.92 Å². The van der Waals surface area contributed by atoms with Crippen LogP contribution in [-0.2, 0) is 76.0 Å². The summed E-state index contributed by atoms with van der Waals surface area (Å²) in [5, 5.41) is 190. The van der Waals surface area contributed by atoms with Gasteiger partial charge in [0.05, 0.1) is 50.8 Å². The minimum Gasteiger partial charge on any atom is -0.479 e. The van der Waals surface area contributed by atoms with Gasteiger partial charge in [0, 0.05) is 12.3 Å². The van der Waals surface area contributed by atoms with Gasteiger partial charge in [0.15, 0.2) is 43.7 Å². The number of unbranched alkanes of at least 4 members (excludes halogenated alkanes) is 2. The topological polar surface area (TPSA) is 561 Å². The number of fused-ring (bicyclic) bond motifs is 6. The van der Waals surface area contributed by atoms with Crippen LogP contribution in [0.2, 0.25) is 0 Å². The standard InChI is InChI=1S/C68H106N2O33/c1-25-50(98-57-45(84)39(78)31(74)23-92-57)44(83)48(87)59(94-25)101-53-42(81)38(70-37(77)9-7-6-8-16-69)34(21-72)96-61(53)103-63(91)67-15-14-64(2,3)18-30(67)27-10-13-68-29(55(68)65(27,4)19-36(67)76)17-28-26(20-71)33(11-12-66(28,68)5)95-62-54(102-60-47(86)43(82)41(80)35(22-73)97-60)51(49(88)52(100-62)56(89)90)99-58-46(85)40(79)32(75)24-93-58/h10,20,25-26,28-36,38-55,57-62,72-76,78-88H,6-9,11-19,21-24,69H2,1-5H3,(H,70,77)(H,89,90)/t25-,26-,28+,29?,30?,31?,32-,33+,34+,35?,36+,38?,39?,40+,41+,42?,43+,44?,45?,46+,47+,48?,49+,50?,51+,52?,53?,54+,55-,57+,58?,59+,60?,61+,62?,65-,66?,67?,68?/m1/s1. The molecule has 6 saturated heterocycles. The Morgan fingerprint density at radius 1 is 0.612 bits per heavy atom. The molecule has 0 aromatic heterocycles. The van der Waals surface area contributed by atoms with E-state index in [0.29, 0.717) is 57.9 Å². The molecular weight excluding hydrogens is 1370 g/mol. The van der Waals surface area contributed by atoms with E-state index < -0.39 is 273 Å². The smallest absolute Gasteiger partial charge is 0.335 e. The average Bonchev–Trinajstić information content (AvgIpc) is 1.45. The number of ether oxygens (including phenoxy) is 12. The van der Waals surface area contributed by atoms with Crippen LogP contribution in [0.1, 0.15) is 112 Å². The molecule has 1 amide bonds. The van der Waals surface area contributed by atoms with Gasteiger partial charge in [0.25, 0.3) is 0 Å². The summed E-state index contributed by atoms with van der Waals surface area (Å²) in [5.74, 6) is -5.40. The lowest BCUT2D eigenvalue weighted by Crippen LogP contribution is -2.68. The molecule has 39 atom stereocenters. The Bertz CT molecular complexity index is 3030. The summed E-state index contributed by atoms with van der Waals surface area (Å²) in [7, 11) is 0. The molecule has 5 saturated carbocycles. The van der Waals surface area contributed by atoms with Gasteiger partial charge in [0.2, 0.25) is 12.2 Å². The van der Waals surface area contributed by atoms with Crippen molar-refractivity contribution in [1.82, 2.24) is 5.32 Å². The Balaban J connectivity index is 0.804. The van der Waals surface area contributed by atoms with E-state index in [4.69, 9.17) is 62.6 Å². The number of aliphatic carboxylic acids is 1. The fourth-order valence-corrected chi connectivity index (χ4v) is 20.2. The van der Waals surface area contributed by atoms with E-state index in [1.807, 2.05) is 0 Å². The van der Waals surface area contributed by atoms with Crippen LogP contribution in [0.5, 0.6) is 0 Å². The molecule has 0 radical (unpaired) electrons. The normalized spacial score (nSPS) is 52.2. The highest BCUT2D eigenvalue weighted by Gasteiger charge is 2.85. The number of esters is 1. The average molecular weight is 1480 g/mol. The third-order valence-corrected chi connectivity index (χ3v) is 25.8. The number of aliphatic hydroxyl groups excluding tert-OH is 16. The van der Waals surface area contributed by atoms with E-state index in [0.717, 1.165) is 11.9 Å². The zero-order valence-corrected chi connectivity index (χ0v) is 58.1. The van der Waals surface area contributed by atoms with Crippen LogP contribution in [0.25, 0.3) is 0 Å². The van der Waals surface area contributed by atoms with Crippen molar-refractivity contribution >= 4 is 24.1 Å². The quantitative estimate of drug-likeness (QED) is 0.0158. The lowest BCUT2D eigenvalue weighted by Gasteiger charge is -2.61. The molecule has 11 fully saturated rings. The highest BCUT2D eigenvalue weighted by Crippen LogP contribution is 2.89. The number of amides is 1. The Hall–Kier alpha value is -3.30. The number of carboxylic acids is 1. The largest absolute Gasteiger partial charge is 0.479 e. The predicted molar refractivity (Wildman–Crippen MR) is 339 cm³/mol. The Morgan fingerprint density at radius 3 is 1.84 bits per heavy atom. The Labute approximate surface area is 593 Å². The number of carboxylic acid groups (broad SMARTS) is 1. The van der Waals surface area contributed by atoms with Gasteiger partial charge in [-0.1, -0.05) is 45.8 Å². The van der Waals surface area contributed by atoms with Crippen molar-refractivity contribution in [2.75, 3.05) is 33.0 Å². The number of rotatable bonds is 22. The van der Waals surface area contributed by atoms with Crippen molar-refractivity contribution in [3.63, 3.8) is 0 Å². The number of allylic oxidation sites excluding steroid dienone is 2. The van der Waals surface area contributed by atoms with E-state index in [-0.39, 0.29) is 37.5 Å². The predicted octanol–water partition coefficient (Wildman–Crippen LogP) is -6.37. The fourth-order valence-electron chi connectivity index (χ4n) is 20.2. The summed E-state index contributed by atoms with van der Waals surface area (Å²) in [6.45, 7) is 7.41. The number of nitrogens with two attached hydrogens (primary N) is 1. The van der Waals surface area contributed by atoms with Gasteiger partial charge in [-0.3, -0.25) is 9.59 Å². The van der Waals surface area contributed by atoms with Crippen LogP contribution in [-0.4, -0.2) is 328 Å². The molecule has 20 N–H and O–H groups in total. The molecule has 6 heterocycles. The second-order valence-electron chi connectivity index (χ2n) is 32.1. The molecule has 35 heteroatoms. The van der Waals surface area contributed by atoms with Crippen LogP contribution >= 0.6 is 0 Å². The monoisotopic (exact) mass is 1480 g/mol. The van der Waals surface area contributed by atoms with Gasteiger partial charge < -0.3 is 159 Å². The van der Waals surface area contributed by atoms with E-state index in [1.54, 1.807) is 0 Å². The molecule has 6 aliphatic heterocycles. The molecular formula is C68H106N2O33. The Kier molecular flexibility index (Phi) is 23.5. The molecule has 103 heavy (non-hydrogen) atoms. The van der Waals surface area contributed by atoms with Crippen LogP contribution < -0.4 is 11.1 Å². The van der Waals surface area contributed by atoms with Gasteiger partial charge in [-0.2, -0.15) is 0 Å². The van der Waals surface area contributed by atoms with Crippen LogP contribution in [0.15, 0.2) is 11.6 Å². The van der Waals surface area contributed by atoms with Crippen molar-refractivity contribution < 1.29 is 163 Å². The van der Waals surface area contributed by atoms with Gasteiger partial charge in [-0.25, -0.2) is 4.79 Å². The van der Waals surface area contributed by atoms with E-state index in [2.05, 4.69) is 39.1 Å². The highest BCUT2D eigenvalue weighted by atomic mass is 16.8. The lowest BCUT2D eigenvalue weighted by molar-refractivity contribution is -0.389. The molecule has 6 aliphatic carbocycles. The number of carbonyl (C=O) groups excluding carboxylic acids is 3. The van der Waals surface area contributed by atoms with Gasteiger partial charge in [-0.15, -0.1) is 0 Å². The van der Waals surface area contributed by atoms with Crippen molar-refractivity contribution in [3.05, 3.63) is 11.6 Å². The van der Waals surface area contributed by atoms with Gasteiger partial charge in [0.1, 0.15) is 122 Å². The first-order chi connectivity index (χ1) is 48.7.